The molecule has 0 aliphatic carbocycles. The Labute approximate surface area is 215 Å². The van der Waals surface area contributed by atoms with Gasteiger partial charge in [0.05, 0.1) is 30.4 Å². The molecule has 0 saturated heterocycles. The number of pyridine rings is 1. The highest BCUT2D eigenvalue weighted by Crippen LogP contribution is 2.38. The van der Waals surface area contributed by atoms with Gasteiger partial charge in [-0.2, -0.15) is 4.98 Å². The minimum Gasteiger partial charge on any atom is -0.494 e. The number of imidazole rings is 1. The molecule has 0 aliphatic heterocycles. The molecule has 11 heteroatoms. The third kappa shape index (κ3) is 5.67. The number of aromatic nitrogens is 5. The van der Waals surface area contributed by atoms with E-state index in [1.54, 1.807) is 19.4 Å². The van der Waals surface area contributed by atoms with E-state index < -0.39 is 0 Å². The molecule has 1 aromatic carbocycles. The highest BCUT2D eigenvalue weighted by Gasteiger charge is 2.17. The number of nitrogens with one attached hydrogen (secondary N) is 2. The average molecular weight is 502 g/mol. The first kappa shape index (κ1) is 25.6. The van der Waals surface area contributed by atoms with Crippen molar-refractivity contribution >= 4 is 34.6 Å². The topological polar surface area (TPSA) is 113 Å². The van der Waals surface area contributed by atoms with Crippen molar-refractivity contribution in [2.24, 2.45) is 0 Å². The number of nitrogens with zero attached hydrogens (tertiary/aromatic N) is 7. The van der Waals surface area contributed by atoms with Crippen LogP contribution < -0.4 is 20.3 Å². The SMILES string of the molecule is C=CC(=O)Nc1cc(Nc2ncnc(-c3cnc4c(C)cccn34)n2)c(OC)cc1N(C)CCN(C)C. The maximum Gasteiger partial charge on any atom is 0.247 e. The van der Waals surface area contributed by atoms with E-state index in [0.29, 0.717) is 28.9 Å². The lowest BCUT2D eigenvalue weighted by Crippen LogP contribution is -2.29. The number of methoxy groups -OCH3 is 1. The zero-order chi connectivity index (χ0) is 26.5. The largest absolute Gasteiger partial charge is 0.494 e. The Balaban J connectivity index is 1.70. The van der Waals surface area contributed by atoms with Gasteiger partial charge in [-0.1, -0.05) is 12.6 Å². The highest BCUT2D eigenvalue weighted by atomic mass is 16.5. The van der Waals surface area contributed by atoms with Crippen molar-refractivity contribution in [3.8, 4) is 17.3 Å². The van der Waals surface area contributed by atoms with Gasteiger partial charge in [-0.15, -0.1) is 0 Å². The molecule has 0 unspecified atom stereocenters. The molecule has 192 valence electrons. The molecular weight excluding hydrogens is 470 g/mol. The Morgan fingerprint density at radius 1 is 1.16 bits per heavy atom. The van der Waals surface area contributed by atoms with Gasteiger partial charge >= 0.3 is 0 Å². The highest BCUT2D eigenvalue weighted by molar-refractivity contribution is 6.02. The number of anilines is 4. The molecule has 0 radical (unpaired) electrons. The minimum atomic E-state index is -0.316. The predicted octanol–water partition coefficient (Wildman–Crippen LogP) is 3.37. The molecular formula is C26H31N9O2. The fourth-order valence-electron chi connectivity index (χ4n) is 3.82. The maximum atomic E-state index is 12.2. The van der Waals surface area contributed by atoms with E-state index in [-0.39, 0.29) is 5.91 Å². The Morgan fingerprint density at radius 2 is 1.97 bits per heavy atom. The van der Waals surface area contributed by atoms with E-state index in [1.165, 1.54) is 12.4 Å². The first-order valence-electron chi connectivity index (χ1n) is 11.7. The summed E-state index contributed by atoms with van der Waals surface area (Å²) >= 11 is 0. The van der Waals surface area contributed by atoms with Crippen LogP contribution in [0.1, 0.15) is 5.56 Å². The third-order valence-electron chi connectivity index (χ3n) is 5.83. The fourth-order valence-corrected chi connectivity index (χ4v) is 3.82. The fraction of sp³-hybridized carbons (Fsp3) is 0.269. The van der Waals surface area contributed by atoms with Crippen molar-refractivity contribution in [3.63, 3.8) is 0 Å². The van der Waals surface area contributed by atoms with Crippen LogP contribution in [0.4, 0.5) is 23.0 Å². The number of amides is 1. The van der Waals surface area contributed by atoms with Crippen molar-refractivity contribution in [3.05, 3.63) is 61.2 Å². The third-order valence-corrected chi connectivity index (χ3v) is 5.83. The molecule has 3 aromatic heterocycles. The zero-order valence-corrected chi connectivity index (χ0v) is 21.7. The normalized spacial score (nSPS) is 11.0. The molecule has 2 N–H and O–H groups in total. The van der Waals surface area contributed by atoms with E-state index in [0.717, 1.165) is 35.7 Å². The Bertz CT molecular complexity index is 1430. The minimum absolute atomic E-state index is 0.316. The summed E-state index contributed by atoms with van der Waals surface area (Å²) < 4.78 is 7.62. The van der Waals surface area contributed by atoms with Gasteiger partial charge in [-0.05, 0) is 44.8 Å². The number of carbonyl (C=O) groups is 1. The van der Waals surface area contributed by atoms with Crippen molar-refractivity contribution in [1.82, 2.24) is 29.2 Å². The molecule has 4 aromatic rings. The number of benzene rings is 1. The number of rotatable bonds is 10. The van der Waals surface area contributed by atoms with Crippen LogP contribution in [0.15, 0.2) is 55.6 Å². The molecule has 0 saturated carbocycles. The van der Waals surface area contributed by atoms with E-state index in [9.17, 15) is 4.79 Å². The summed E-state index contributed by atoms with van der Waals surface area (Å²) in [7, 11) is 7.58. The van der Waals surface area contributed by atoms with Crippen LogP contribution in [0, 0.1) is 6.92 Å². The summed E-state index contributed by atoms with van der Waals surface area (Å²) in [6.45, 7) is 7.16. The Kier molecular flexibility index (Phi) is 7.63. The van der Waals surface area contributed by atoms with Crippen LogP contribution in [-0.2, 0) is 4.79 Å². The van der Waals surface area contributed by atoms with E-state index in [4.69, 9.17) is 4.74 Å². The molecule has 11 nitrogen and oxygen atoms in total. The monoisotopic (exact) mass is 501 g/mol. The van der Waals surface area contributed by atoms with Crippen molar-refractivity contribution in [2.45, 2.75) is 6.92 Å². The first-order valence-corrected chi connectivity index (χ1v) is 11.7. The molecule has 4 rings (SSSR count). The van der Waals surface area contributed by atoms with Crippen LogP contribution in [0.5, 0.6) is 5.75 Å². The lowest BCUT2D eigenvalue weighted by Gasteiger charge is -2.25. The summed E-state index contributed by atoms with van der Waals surface area (Å²) in [5, 5.41) is 6.11. The van der Waals surface area contributed by atoms with Gasteiger partial charge in [0, 0.05) is 32.4 Å². The van der Waals surface area contributed by atoms with E-state index in [2.05, 4.69) is 46.9 Å². The lowest BCUT2D eigenvalue weighted by atomic mass is 10.2. The molecule has 0 aliphatic rings. The van der Waals surface area contributed by atoms with Gasteiger partial charge in [0.25, 0.3) is 0 Å². The second-order valence-corrected chi connectivity index (χ2v) is 8.77. The molecule has 0 fully saturated rings. The number of hydrogen-bond donors (Lipinski definition) is 2. The standard InChI is InChI=1S/C26H31N9O2/c1-7-23(36)30-18-13-19(22(37-6)14-20(18)34(5)12-11-33(3)4)31-26-29-16-28-24(32-26)21-15-27-25-17(2)9-8-10-35(21)25/h7-10,13-16H,1,11-12H2,2-6H3,(H,30,36)(H,28,29,31,32). The lowest BCUT2D eigenvalue weighted by molar-refractivity contribution is -0.111. The molecule has 1 amide bonds. The van der Waals surface area contributed by atoms with Gasteiger partial charge in [0.2, 0.25) is 11.9 Å². The van der Waals surface area contributed by atoms with Crippen molar-refractivity contribution < 1.29 is 9.53 Å². The summed E-state index contributed by atoms with van der Waals surface area (Å²) in [4.78, 5) is 34.1. The average Bonchev–Trinajstić information content (AvgIpc) is 3.33. The molecule has 0 atom stereocenters. The summed E-state index contributed by atoms with van der Waals surface area (Å²) in [5.74, 6) is 1.04. The quantitative estimate of drug-likeness (QED) is 0.316. The second kappa shape index (κ2) is 11.0. The van der Waals surface area contributed by atoms with Crippen molar-refractivity contribution in [2.75, 3.05) is 56.9 Å². The predicted molar refractivity (Wildman–Crippen MR) is 146 cm³/mol. The zero-order valence-electron chi connectivity index (χ0n) is 21.7. The van der Waals surface area contributed by atoms with E-state index in [1.807, 2.05) is 56.9 Å². The van der Waals surface area contributed by atoms with Crippen LogP contribution in [0.2, 0.25) is 0 Å². The maximum absolute atomic E-state index is 12.2. The van der Waals surface area contributed by atoms with Crippen LogP contribution in [0.25, 0.3) is 17.2 Å². The van der Waals surface area contributed by atoms with Crippen LogP contribution in [-0.4, -0.2) is 76.5 Å². The van der Waals surface area contributed by atoms with Crippen LogP contribution in [0.3, 0.4) is 0 Å². The van der Waals surface area contributed by atoms with E-state index >= 15 is 0 Å². The first-order chi connectivity index (χ1) is 17.8. The second-order valence-electron chi connectivity index (χ2n) is 8.77. The van der Waals surface area contributed by atoms with Crippen LogP contribution >= 0.6 is 0 Å². The van der Waals surface area contributed by atoms with Gasteiger partial charge in [-0.25, -0.2) is 15.0 Å². The van der Waals surface area contributed by atoms with Crippen molar-refractivity contribution in [1.29, 1.82) is 0 Å². The summed E-state index contributed by atoms with van der Waals surface area (Å²) in [6, 6.07) is 7.62. The van der Waals surface area contributed by atoms with Gasteiger partial charge in [0.15, 0.2) is 5.82 Å². The number of likely N-dealkylation sites (N-methyl/N-ethyl adjacent to an activating group) is 2. The molecule has 0 spiro atoms. The smallest absolute Gasteiger partial charge is 0.247 e. The summed E-state index contributed by atoms with van der Waals surface area (Å²) in [5.41, 5.74) is 4.62. The molecule has 37 heavy (non-hydrogen) atoms. The summed E-state index contributed by atoms with van der Waals surface area (Å²) in [6.07, 6.45) is 6.33. The molecule has 0 bridgehead atoms. The number of fused-ring (bicyclic) bond motifs is 1. The number of hydrogen-bond acceptors (Lipinski definition) is 9. The Morgan fingerprint density at radius 3 is 2.70 bits per heavy atom. The van der Waals surface area contributed by atoms with Gasteiger partial charge in [0.1, 0.15) is 23.4 Å². The van der Waals surface area contributed by atoms with Gasteiger partial charge in [-0.3, -0.25) is 9.20 Å². The molecule has 3 heterocycles. The Hall–Kier alpha value is -4.51. The number of ether oxygens (including phenoxy) is 1. The number of aryl methyl sites for hydroxylation is 1. The van der Waals surface area contributed by atoms with Gasteiger partial charge < -0.3 is 25.2 Å². The number of carbonyl (C=O) groups excluding carboxylic acids is 1.